The number of anilines is 3. The first-order valence-electron chi connectivity index (χ1n) is 7.01. The number of hydrogen-bond acceptors (Lipinski definition) is 2. The lowest BCUT2D eigenvalue weighted by Crippen LogP contribution is -2.17. The Hall–Kier alpha value is -2.19. The minimum Gasteiger partial charge on any atom is -0.397 e. The Morgan fingerprint density at radius 1 is 0.952 bits per heavy atom. The SMILES string of the molecule is CCN(c1cc(Cl)ccc1N)c1cccc2ccccc12. The summed E-state index contributed by atoms with van der Waals surface area (Å²) in [5, 5.41) is 3.12. The number of nitrogens with zero attached hydrogens (tertiary/aromatic N) is 1. The number of fused-ring (bicyclic) bond motifs is 1. The van der Waals surface area contributed by atoms with Crippen LogP contribution in [0.5, 0.6) is 0 Å². The largest absolute Gasteiger partial charge is 0.397 e. The topological polar surface area (TPSA) is 29.3 Å². The molecule has 3 rings (SSSR count). The molecule has 0 aromatic heterocycles. The zero-order valence-corrected chi connectivity index (χ0v) is 12.6. The summed E-state index contributed by atoms with van der Waals surface area (Å²) in [7, 11) is 0. The molecular formula is C18H17ClN2. The normalized spacial score (nSPS) is 10.8. The number of rotatable bonds is 3. The van der Waals surface area contributed by atoms with Crippen molar-refractivity contribution < 1.29 is 0 Å². The molecule has 0 spiro atoms. The van der Waals surface area contributed by atoms with E-state index < -0.39 is 0 Å². The highest BCUT2D eigenvalue weighted by Crippen LogP contribution is 2.36. The Kier molecular flexibility index (Phi) is 3.72. The van der Waals surface area contributed by atoms with Crippen LogP contribution in [0.4, 0.5) is 17.1 Å². The van der Waals surface area contributed by atoms with E-state index in [0.717, 1.165) is 23.6 Å². The second kappa shape index (κ2) is 5.66. The van der Waals surface area contributed by atoms with E-state index >= 15 is 0 Å². The van der Waals surface area contributed by atoms with E-state index in [4.69, 9.17) is 17.3 Å². The minimum atomic E-state index is 0.692. The van der Waals surface area contributed by atoms with Gasteiger partial charge in [-0.2, -0.15) is 0 Å². The highest BCUT2D eigenvalue weighted by molar-refractivity contribution is 6.31. The molecule has 0 amide bonds. The van der Waals surface area contributed by atoms with Crippen molar-refractivity contribution >= 4 is 39.4 Å². The van der Waals surface area contributed by atoms with Crippen LogP contribution in [0.15, 0.2) is 60.7 Å². The molecular weight excluding hydrogens is 280 g/mol. The van der Waals surface area contributed by atoms with Crippen LogP contribution in [0.2, 0.25) is 5.02 Å². The van der Waals surface area contributed by atoms with Gasteiger partial charge in [0.2, 0.25) is 0 Å². The van der Waals surface area contributed by atoms with Crippen molar-refractivity contribution in [3.63, 3.8) is 0 Å². The molecule has 21 heavy (non-hydrogen) atoms. The Morgan fingerprint density at radius 3 is 2.52 bits per heavy atom. The van der Waals surface area contributed by atoms with E-state index in [2.05, 4.69) is 54.3 Å². The molecule has 0 saturated heterocycles. The van der Waals surface area contributed by atoms with Crippen LogP contribution in [-0.4, -0.2) is 6.54 Å². The first-order chi connectivity index (χ1) is 10.2. The Labute approximate surface area is 129 Å². The lowest BCUT2D eigenvalue weighted by Gasteiger charge is -2.26. The van der Waals surface area contributed by atoms with Gasteiger partial charge >= 0.3 is 0 Å². The summed E-state index contributed by atoms with van der Waals surface area (Å²) < 4.78 is 0. The molecule has 0 aliphatic heterocycles. The molecule has 0 radical (unpaired) electrons. The molecule has 3 aromatic rings. The summed E-state index contributed by atoms with van der Waals surface area (Å²) >= 11 is 6.14. The van der Waals surface area contributed by atoms with Crippen molar-refractivity contribution in [1.29, 1.82) is 0 Å². The minimum absolute atomic E-state index is 0.692. The van der Waals surface area contributed by atoms with Gasteiger partial charge in [0.05, 0.1) is 11.4 Å². The highest BCUT2D eigenvalue weighted by atomic mass is 35.5. The first-order valence-corrected chi connectivity index (χ1v) is 7.39. The number of benzene rings is 3. The van der Waals surface area contributed by atoms with Gasteiger partial charge in [-0.15, -0.1) is 0 Å². The average Bonchev–Trinajstić information content (AvgIpc) is 2.51. The van der Waals surface area contributed by atoms with Crippen molar-refractivity contribution in [1.82, 2.24) is 0 Å². The van der Waals surface area contributed by atoms with Crippen molar-refractivity contribution in [2.45, 2.75) is 6.92 Å². The summed E-state index contributed by atoms with van der Waals surface area (Å²) in [5.74, 6) is 0. The van der Waals surface area contributed by atoms with Crippen molar-refractivity contribution in [2.75, 3.05) is 17.2 Å². The van der Waals surface area contributed by atoms with Crippen molar-refractivity contribution in [2.24, 2.45) is 0 Å². The van der Waals surface area contributed by atoms with E-state index in [1.807, 2.05) is 18.2 Å². The number of nitrogens with two attached hydrogens (primary N) is 1. The predicted octanol–water partition coefficient (Wildman–Crippen LogP) is 5.23. The number of hydrogen-bond donors (Lipinski definition) is 1. The van der Waals surface area contributed by atoms with Crippen LogP contribution in [0.1, 0.15) is 6.92 Å². The second-order valence-electron chi connectivity index (χ2n) is 4.95. The van der Waals surface area contributed by atoms with E-state index in [1.54, 1.807) is 0 Å². The van der Waals surface area contributed by atoms with Gasteiger partial charge in [-0.05, 0) is 36.6 Å². The maximum absolute atomic E-state index is 6.15. The van der Waals surface area contributed by atoms with Gasteiger partial charge in [-0.1, -0.05) is 48.0 Å². The molecule has 0 atom stereocenters. The van der Waals surface area contributed by atoms with E-state index in [0.29, 0.717) is 5.02 Å². The molecule has 2 N–H and O–H groups in total. The third-order valence-corrected chi connectivity index (χ3v) is 3.89. The maximum Gasteiger partial charge on any atom is 0.0659 e. The van der Waals surface area contributed by atoms with Gasteiger partial charge < -0.3 is 10.6 Å². The molecule has 0 bridgehead atoms. The average molecular weight is 297 g/mol. The fourth-order valence-corrected chi connectivity index (χ4v) is 2.83. The summed E-state index contributed by atoms with van der Waals surface area (Å²) in [5.41, 5.74) is 8.97. The maximum atomic E-state index is 6.15. The van der Waals surface area contributed by atoms with Crippen LogP contribution in [0, 0.1) is 0 Å². The molecule has 3 aromatic carbocycles. The molecule has 2 nitrogen and oxygen atoms in total. The third kappa shape index (κ3) is 2.55. The number of halogens is 1. The Bertz CT molecular complexity index is 778. The van der Waals surface area contributed by atoms with Crippen molar-refractivity contribution in [3.05, 3.63) is 65.7 Å². The molecule has 3 heteroatoms. The van der Waals surface area contributed by atoms with E-state index in [9.17, 15) is 0 Å². The smallest absolute Gasteiger partial charge is 0.0659 e. The molecule has 0 unspecified atom stereocenters. The van der Waals surface area contributed by atoms with Crippen LogP contribution in [0.25, 0.3) is 10.8 Å². The Morgan fingerprint density at radius 2 is 1.71 bits per heavy atom. The standard InChI is InChI=1S/C18H17ClN2/c1-2-21(18-12-14(19)10-11-16(18)20)17-9-5-7-13-6-3-4-8-15(13)17/h3-12H,2,20H2,1H3. The van der Waals surface area contributed by atoms with Gasteiger partial charge in [0.1, 0.15) is 0 Å². The lowest BCUT2D eigenvalue weighted by atomic mass is 10.1. The molecule has 0 aliphatic carbocycles. The zero-order chi connectivity index (χ0) is 14.8. The fourth-order valence-electron chi connectivity index (χ4n) is 2.66. The van der Waals surface area contributed by atoms with Crippen LogP contribution < -0.4 is 10.6 Å². The lowest BCUT2D eigenvalue weighted by molar-refractivity contribution is 1.03. The van der Waals surface area contributed by atoms with Crippen LogP contribution >= 0.6 is 11.6 Å². The summed E-state index contributed by atoms with van der Waals surface area (Å²) in [6, 6.07) is 20.3. The number of nitrogen functional groups attached to an aromatic ring is 1. The third-order valence-electron chi connectivity index (χ3n) is 3.66. The summed E-state index contributed by atoms with van der Waals surface area (Å²) in [4.78, 5) is 2.20. The summed E-state index contributed by atoms with van der Waals surface area (Å²) in [6.07, 6.45) is 0. The highest BCUT2D eigenvalue weighted by Gasteiger charge is 2.13. The fraction of sp³-hybridized carbons (Fsp3) is 0.111. The predicted molar refractivity (Wildman–Crippen MR) is 92.5 cm³/mol. The van der Waals surface area contributed by atoms with Gasteiger partial charge in [0.25, 0.3) is 0 Å². The van der Waals surface area contributed by atoms with Crippen LogP contribution in [0.3, 0.4) is 0 Å². The molecule has 0 heterocycles. The summed E-state index contributed by atoms with van der Waals surface area (Å²) in [6.45, 7) is 2.93. The van der Waals surface area contributed by atoms with E-state index in [1.165, 1.54) is 10.8 Å². The monoisotopic (exact) mass is 296 g/mol. The van der Waals surface area contributed by atoms with Gasteiger partial charge in [0, 0.05) is 22.6 Å². The van der Waals surface area contributed by atoms with Gasteiger partial charge in [-0.3, -0.25) is 0 Å². The first kappa shape index (κ1) is 13.8. The van der Waals surface area contributed by atoms with E-state index in [-0.39, 0.29) is 0 Å². The quantitative estimate of drug-likeness (QED) is 0.670. The second-order valence-corrected chi connectivity index (χ2v) is 5.38. The molecule has 0 saturated carbocycles. The molecule has 106 valence electrons. The van der Waals surface area contributed by atoms with Gasteiger partial charge in [0.15, 0.2) is 0 Å². The van der Waals surface area contributed by atoms with Gasteiger partial charge in [-0.25, -0.2) is 0 Å². The van der Waals surface area contributed by atoms with Crippen molar-refractivity contribution in [3.8, 4) is 0 Å². The molecule has 0 fully saturated rings. The molecule has 0 aliphatic rings. The van der Waals surface area contributed by atoms with Crippen LogP contribution in [-0.2, 0) is 0 Å². The Balaban J connectivity index is 2.21. The zero-order valence-electron chi connectivity index (χ0n) is 11.9.